The molecule has 3 aromatic rings. The molecule has 6 nitrogen and oxygen atoms in total. The standard InChI is InChI=1S/C26H30N2O4S2/c1-33-25-14-13-21(19-23(25)26(29)28-16-6-2-3-7-17-28)34(30,31)27-15-18-32-24-12-8-10-20-9-4-5-11-22(20)24/h4-5,8-14,19,27H,2-3,6-7,15-18H2,1H3. The predicted octanol–water partition coefficient (Wildman–Crippen LogP) is 4.94. The summed E-state index contributed by atoms with van der Waals surface area (Å²) >= 11 is 1.45. The average Bonchev–Trinajstić information content (AvgIpc) is 3.15. The molecule has 4 rings (SSSR count). The summed E-state index contributed by atoms with van der Waals surface area (Å²) in [5.41, 5.74) is 0.448. The Labute approximate surface area is 205 Å². The number of carbonyl (C=O) groups is 1. The van der Waals surface area contributed by atoms with Gasteiger partial charge >= 0.3 is 0 Å². The van der Waals surface area contributed by atoms with Gasteiger partial charge in [-0.1, -0.05) is 49.2 Å². The van der Waals surface area contributed by atoms with Gasteiger partial charge in [0.2, 0.25) is 10.0 Å². The highest BCUT2D eigenvalue weighted by Gasteiger charge is 2.23. The third kappa shape index (κ3) is 5.74. The fourth-order valence-corrected chi connectivity index (χ4v) is 5.82. The SMILES string of the molecule is CSc1ccc(S(=O)(=O)NCCOc2cccc3ccccc23)cc1C(=O)N1CCCCCC1. The Balaban J connectivity index is 1.44. The molecule has 0 saturated carbocycles. The van der Waals surface area contributed by atoms with Crippen molar-refractivity contribution in [3.63, 3.8) is 0 Å². The van der Waals surface area contributed by atoms with Gasteiger partial charge in [-0.2, -0.15) is 0 Å². The Morgan fingerprint density at radius 1 is 1.00 bits per heavy atom. The lowest BCUT2D eigenvalue weighted by Gasteiger charge is -2.22. The summed E-state index contributed by atoms with van der Waals surface area (Å²) in [7, 11) is -3.79. The maximum absolute atomic E-state index is 13.2. The van der Waals surface area contributed by atoms with E-state index in [0.717, 1.165) is 41.4 Å². The normalized spacial score (nSPS) is 14.7. The number of nitrogens with one attached hydrogen (secondary N) is 1. The van der Waals surface area contributed by atoms with Gasteiger partial charge in [0, 0.05) is 29.9 Å². The van der Waals surface area contributed by atoms with Gasteiger partial charge in [0.05, 0.1) is 10.5 Å². The third-order valence-electron chi connectivity index (χ3n) is 6.01. The Kier molecular flexibility index (Phi) is 8.13. The first-order chi connectivity index (χ1) is 16.5. The van der Waals surface area contributed by atoms with Gasteiger partial charge in [-0.25, -0.2) is 13.1 Å². The Morgan fingerprint density at radius 3 is 2.50 bits per heavy atom. The van der Waals surface area contributed by atoms with E-state index >= 15 is 0 Å². The minimum Gasteiger partial charge on any atom is -0.492 e. The van der Waals surface area contributed by atoms with E-state index in [1.807, 2.05) is 53.6 Å². The highest BCUT2D eigenvalue weighted by Crippen LogP contribution is 2.27. The molecule has 0 aliphatic carbocycles. The lowest BCUT2D eigenvalue weighted by Crippen LogP contribution is -2.33. The molecular weight excluding hydrogens is 468 g/mol. The predicted molar refractivity (Wildman–Crippen MR) is 137 cm³/mol. The van der Waals surface area contributed by atoms with Crippen LogP contribution in [-0.2, 0) is 10.0 Å². The fraction of sp³-hybridized carbons (Fsp3) is 0.346. The number of hydrogen-bond acceptors (Lipinski definition) is 5. The van der Waals surface area contributed by atoms with Gasteiger partial charge in [0.15, 0.2) is 0 Å². The van der Waals surface area contributed by atoms with Crippen LogP contribution >= 0.6 is 11.8 Å². The Hall–Kier alpha value is -2.55. The lowest BCUT2D eigenvalue weighted by atomic mass is 10.1. The molecule has 0 bridgehead atoms. The van der Waals surface area contributed by atoms with Crippen LogP contribution in [0.15, 0.2) is 70.5 Å². The molecule has 180 valence electrons. The van der Waals surface area contributed by atoms with Crippen molar-refractivity contribution in [2.75, 3.05) is 32.5 Å². The van der Waals surface area contributed by atoms with Crippen LogP contribution in [0, 0.1) is 0 Å². The summed E-state index contributed by atoms with van der Waals surface area (Å²) < 4.78 is 34.4. The van der Waals surface area contributed by atoms with E-state index < -0.39 is 10.0 Å². The van der Waals surface area contributed by atoms with Crippen molar-refractivity contribution in [3.8, 4) is 5.75 Å². The molecule has 0 unspecified atom stereocenters. The first-order valence-electron chi connectivity index (χ1n) is 11.6. The third-order valence-corrected chi connectivity index (χ3v) is 8.26. The number of ether oxygens (including phenoxy) is 1. The molecule has 8 heteroatoms. The summed E-state index contributed by atoms with van der Waals surface area (Å²) in [6, 6.07) is 18.5. The number of nitrogens with zero attached hydrogens (tertiary/aromatic N) is 1. The average molecular weight is 499 g/mol. The molecule has 1 fully saturated rings. The summed E-state index contributed by atoms with van der Waals surface area (Å²) in [6.45, 7) is 1.74. The molecule has 1 saturated heterocycles. The number of sulfonamides is 1. The quantitative estimate of drug-likeness (QED) is 0.352. The van der Waals surface area contributed by atoms with Crippen LogP contribution in [-0.4, -0.2) is 51.7 Å². The van der Waals surface area contributed by atoms with E-state index in [1.165, 1.54) is 17.8 Å². The zero-order valence-electron chi connectivity index (χ0n) is 19.3. The largest absolute Gasteiger partial charge is 0.492 e. The van der Waals surface area contributed by atoms with Gasteiger partial charge in [-0.15, -0.1) is 11.8 Å². The molecule has 0 radical (unpaired) electrons. The van der Waals surface area contributed by atoms with Crippen LogP contribution in [0.4, 0.5) is 0 Å². The van der Waals surface area contributed by atoms with Gasteiger partial charge in [-0.05, 0) is 48.7 Å². The van der Waals surface area contributed by atoms with Crippen molar-refractivity contribution in [2.24, 2.45) is 0 Å². The molecule has 1 aliphatic rings. The molecule has 1 N–H and O–H groups in total. The van der Waals surface area contributed by atoms with E-state index in [0.29, 0.717) is 24.4 Å². The summed E-state index contributed by atoms with van der Waals surface area (Å²) in [5.74, 6) is 0.620. The van der Waals surface area contributed by atoms with E-state index in [-0.39, 0.29) is 24.0 Å². The zero-order chi connectivity index (χ0) is 24.0. The minimum absolute atomic E-state index is 0.0913. The number of fused-ring (bicyclic) bond motifs is 1. The second-order valence-corrected chi connectivity index (χ2v) is 10.9. The molecule has 1 aliphatic heterocycles. The van der Waals surface area contributed by atoms with Crippen LogP contribution in [0.1, 0.15) is 36.0 Å². The molecule has 34 heavy (non-hydrogen) atoms. The van der Waals surface area contributed by atoms with Crippen LogP contribution in [0.5, 0.6) is 5.75 Å². The molecule has 0 spiro atoms. The van der Waals surface area contributed by atoms with Crippen molar-refractivity contribution < 1.29 is 17.9 Å². The van der Waals surface area contributed by atoms with E-state index in [9.17, 15) is 13.2 Å². The fourth-order valence-electron chi connectivity index (χ4n) is 4.21. The summed E-state index contributed by atoms with van der Waals surface area (Å²) in [6.07, 6.45) is 6.11. The Morgan fingerprint density at radius 2 is 1.74 bits per heavy atom. The van der Waals surface area contributed by atoms with Crippen molar-refractivity contribution in [2.45, 2.75) is 35.5 Å². The molecular formula is C26H30N2O4S2. The van der Waals surface area contributed by atoms with E-state index in [1.54, 1.807) is 12.1 Å². The van der Waals surface area contributed by atoms with Crippen molar-refractivity contribution in [1.29, 1.82) is 0 Å². The smallest absolute Gasteiger partial charge is 0.255 e. The van der Waals surface area contributed by atoms with Crippen LogP contribution in [0.25, 0.3) is 10.8 Å². The summed E-state index contributed by atoms with van der Waals surface area (Å²) in [5, 5.41) is 2.05. The number of thioether (sulfide) groups is 1. The van der Waals surface area contributed by atoms with Crippen LogP contribution in [0.3, 0.4) is 0 Å². The van der Waals surface area contributed by atoms with E-state index in [4.69, 9.17) is 4.74 Å². The lowest BCUT2D eigenvalue weighted by molar-refractivity contribution is 0.0758. The van der Waals surface area contributed by atoms with E-state index in [2.05, 4.69) is 4.72 Å². The first kappa shape index (κ1) is 24.6. The number of hydrogen-bond donors (Lipinski definition) is 1. The Bertz CT molecular complexity index is 1250. The summed E-state index contributed by atoms with van der Waals surface area (Å²) in [4.78, 5) is 15.9. The highest BCUT2D eigenvalue weighted by molar-refractivity contribution is 7.98. The van der Waals surface area contributed by atoms with Crippen molar-refractivity contribution in [1.82, 2.24) is 9.62 Å². The maximum atomic E-state index is 13.2. The molecule has 0 aromatic heterocycles. The highest BCUT2D eigenvalue weighted by atomic mass is 32.2. The molecule has 1 heterocycles. The number of carbonyl (C=O) groups excluding carboxylic acids is 1. The molecule has 0 atom stereocenters. The monoisotopic (exact) mass is 498 g/mol. The van der Waals surface area contributed by atoms with Gasteiger partial charge in [0.1, 0.15) is 12.4 Å². The van der Waals surface area contributed by atoms with Crippen LogP contribution < -0.4 is 9.46 Å². The van der Waals surface area contributed by atoms with Gasteiger partial charge < -0.3 is 9.64 Å². The van der Waals surface area contributed by atoms with Gasteiger partial charge in [-0.3, -0.25) is 4.79 Å². The van der Waals surface area contributed by atoms with Crippen LogP contribution in [0.2, 0.25) is 0 Å². The zero-order valence-corrected chi connectivity index (χ0v) is 21.0. The van der Waals surface area contributed by atoms with Crippen molar-refractivity contribution in [3.05, 3.63) is 66.2 Å². The molecule has 3 aromatic carbocycles. The number of likely N-dealkylation sites (tertiary alicyclic amines) is 1. The maximum Gasteiger partial charge on any atom is 0.255 e. The van der Waals surface area contributed by atoms with Crippen molar-refractivity contribution >= 4 is 38.5 Å². The second-order valence-electron chi connectivity index (χ2n) is 8.29. The minimum atomic E-state index is -3.79. The number of benzene rings is 3. The number of amides is 1. The second kappa shape index (κ2) is 11.3. The van der Waals surface area contributed by atoms with Gasteiger partial charge in [0.25, 0.3) is 5.91 Å². The number of rotatable bonds is 8. The molecule has 1 amide bonds. The first-order valence-corrected chi connectivity index (χ1v) is 14.3. The topological polar surface area (TPSA) is 75.7 Å².